The second-order valence-corrected chi connectivity index (χ2v) is 7.50. The molecule has 0 saturated carbocycles. The van der Waals surface area contributed by atoms with E-state index in [1.807, 2.05) is 19.1 Å². The third-order valence-electron chi connectivity index (χ3n) is 5.02. The monoisotopic (exact) mass is 431 g/mol. The number of aryl methyl sites for hydroxylation is 1. The van der Waals surface area contributed by atoms with E-state index >= 15 is 0 Å². The van der Waals surface area contributed by atoms with Gasteiger partial charge in [0.25, 0.3) is 0 Å². The van der Waals surface area contributed by atoms with E-state index in [-0.39, 0.29) is 6.04 Å². The van der Waals surface area contributed by atoms with Gasteiger partial charge in [-0.25, -0.2) is 0 Å². The van der Waals surface area contributed by atoms with Crippen LogP contribution < -0.4 is 15.4 Å². The van der Waals surface area contributed by atoms with Gasteiger partial charge < -0.3 is 20.1 Å². The Hall–Kier alpha value is -2.61. The van der Waals surface area contributed by atoms with Crippen LogP contribution in [0.3, 0.4) is 0 Å². The molecule has 0 bridgehead atoms. The second-order valence-electron chi connectivity index (χ2n) is 7.09. The molecule has 2 N–H and O–H groups in total. The number of amides is 2. The lowest BCUT2D eigenvalue weighted by atomic mass is 10.0. The van der Waals surface area contributed by atoms with Crippen LogP contribution in [0.25, 0.3) is 0 Å². The van der Waals surface area contributed by atoms with Crippen LogP contribution in [0.4, 0.5) is 5.69 Å². The van der Waals surface area contributed by atoms with Crippen molar-refractivity contribution in [2.45, 2.75) is 13.0 Å². The summed E-state index contributed by atoms with van der Waals surface area (Å²) in [5.41, 5.74) is 2.68. The highest BCUT2D eigenvalue weighted by Crippen LogP contribution is 2.27. The Balaban J connectivity index is 1.63. The van der Waals surface area contributed by atoms with Crippen molar-refractivity contribution < 1.29 is 19.1 Å². The summed E-state index contributed by atoms with van der Waals surface area (Å²) >= 11 is 6.07. The summed E-state index contributed by atoms with van der Waals surface area (Å²) in [5, 5.41) is 5.67. The molecule has 160 valence electrons. The molecule has 1 aliphatic rings. The molecule has 2 amide bonds. The summed E-state index contributed by atoms with van der Waals surface area (Å²) in [6.07, 6.45) is 0. The molecule has 0 radical (unpaired) electrons. The van der Waals surface area contributed by atoms with Gasteiger partial charge in [-0.2, -0.15) is 0 Å². The Bertz CT molecular complexity index is 882. The predicted molar refractivity (Wildman–Crippen MR) is 116 cm³/mol. The van der Waals surface area contributed by atoms with E-state index in [4.69, 9.17) is 21.1 Å². The molecule has 1 heterocycles. The van der Waals surface area contributed by atoms with Crippen LogP contribution in [0.5, 0.6) is 5.75 Å². The van der Waals surface area contributed by atoms with Crippen LogP contribution in [0.2, 0.25) is 5.02 Å². The lowest BCUT2D eigenvalue weighted by Gasteiger charge is -2.35. The van der Waals surface area contributed by atoms with E-state index in [9.17, 15) is 9.59 Å². The molecular weight excluding hydrogens is 406 g/mol. The second kappa shape index (κ2) is 10.4. The van der Waals surface area contributed by atoms with Crippen molar-refractivity contribution >= 4 is 29.1 Å². The molecule has 0 spiro atoms. The number of methoxy groups -OCH3 is 1. The summed E-state index contributed by atoms with van der Waals surface area (Å²) in [4.78, 5) is 27.0. The molecule has 1 aliphatic heterocycles. The molecule has 0 aromatic heterocycles. The number of carbonyl (C=O) groups excluding carboxylic acids is 2. The maximum Gasteiger partial charge on any atom is 0.313 e. The first-order valence-corrected chi connectivity index (χ1v) is 10.2. The van der Waals surface area contributed by atoms with Crippen molar-refractivity contribution in [1.29, 1.82) is 0 Å². The molecule has 0 unspecified atom stereocenters. The Morgan fingerprint density at radius 3 is 2.47 bits per heavy atom. The summed E-state index contributed by atoms with van der Waals surface area (Å²) in [6, 6.07) is 13.0. The Labute approximate surface area is 181 Å². The van der Waals surface area contributed by atoms with Crippen LogP contribution in [0.15, 0.2) is 42.5 Å². The number of ether oxygens (including phenoxy) is 2. The van der Waals surface area contributed by atoms with Gasteiger partial charge in [0, 0.05) is 25.3 Å². The first-order valence-electron chi connectivity index (χ1n) is 9.79. The van der Waals surface area contributed by atoms with Crippen molar-refractivity contribution in [3.05, 3.63) is 58.6 Å². The van der Waals surface area contributed by atoms with Gasteiger partial charge in [0.2, 0.25) is 0 Å². The number of benzene rings is 2. The quantitative estimate of drug-likeness (QED) is 0.687. The number of rotatable bonds is 6. The van der Waals surface area contributed by atoms with Gasteiger partial charge >= 0.3 is 11.8 Å². The molecular formula is C22H26ClN3O4. The van der Waals surface area contributed by atoms with Crippen molar-refractivity contribution in [3.8, 4) is 5.75 Å². The minimum atomic E-state index is -0.749. The molecule has 7 nitrogen and oxygen atoms in total. The van der Waals surface area contributed by atoms with Crippen LogP contribution in [0, 0.1) is 6.92 Å². The third-order valence-corrected chi connectivity index (χ3v) is 5.32. The highest BCUT2D eigenvalue weighted by molar-refractivity contribution is 6.40. The van der Waals surface area contributed by atoms with Gasteiger partial charge in [-0.1, -0.05) is 41.4 Å². The average Bonchev–Trinajstić information content (AvgIpc) is 2.76. The zero-order valence-electron chi connectivity index (χ0n) is 17.1. The number of nitrogens with zero attached hydrogens (tertiary/aromatic N) is 1. The minimum Gasteiger partial charge on any atom is -0.495 e. The average molecular weight is 432 g/mol. The predicted octanol–water partition coefficient (Wildman–Crippen LogP) is 2.79. The number of carbonyl (C=O) groups is 2. The first-order chi connectivity index (χ1) is 14.5. The topological polar surface area (TPSA) is 79.9 Å². The Morgan fingerprint density at radius 2 is 1.83 bits per heavy atom. The van der Waals surface area contributed by atoms with Gasteiger partial charge in [0.1, 0.15) is 5.75 Å². The molecule has 3 rings (SSSR count). The summed E-state index contributed by atoms with van der Waals surface area (Å²) in [7, 11) is 1.51. The maximum atomic E-state index is 12.4. The number of halogens is 1. The minimum absolute atomic E-state index is 0.0401. The fraction of sp³-hybridized carbons (Fsp3) is 0.364. The van der Waals surface area contributed by atoms with E-state index < -0.39 is 11.8 Å². The molecule has 2 aromatic carbocycles. The van der Waals surface area contributed by atoms with Crippen LogP contribution in [-0.2, 0) is 14.3 Å². The van der Waals surface area contributed by atoms with E-state index in [1.54, 1.807) is 12.1 Å². The lowest BCUT2D eigenvalue weighted by molar-refractivity contribution is -0.136. The molecule has 2 aromatic rings. The number of hydrogen-bond acceptors (Lipinski definition) is 5. The number of anilines is 1. The van der Waals surface area contributed by atoms with Crippen LogP contribution >= 0.6 is 11.6 Å². The largest absolute Gasteiger partial charge is 0.495 e. The van der Waals surface area contributed by atoms with Gasteiger partial charge in [0.15, 0.2) is 0 Å². The van der Waals surface area contributed by atoms with Crippen molar-refractivity contribution in [2.75, 3.05) is 45.3 Å². The molecule has 1 atom stereocenters. The fourth-order valence-corrected chi connectivity index (χ4v) is 3.59. The van der Waals surface area contributed by atoms with Crippen molar-refractivity contribution in [1.82, 2.24) is 10.2 Å². The Morgan fingerprint density at radius 1 is 1.13 bits per heavy atom. The summed E-state index contributed by atoms with van der Waals surface area (Å²) in [6.45, 7) is 5.18. The van der Waals surface area contributed by atoms with E-state index in [1.165, 1.54) is 18.7 Å². The summed E-state index contributed by atoms with van der Waals surface area (Å²) in [5.74, 6) is -0.959. The first kappa shape index (κ1) is 22.1. The van der Waals surface area contributed by atoms with Gasteiger partial charge in [-0.3, -0.25) is 14.5 Å². The van der Waals surface area contributed by atoms with Crippen molar-refractivity contribution in [3.63, 3.8) is 0 Å². The van der Waals surface area contributed by atoms with Crippen LogP contribution in [0.1, 0.15) is 17.2 Å². The third kappa shape index (κ3) is 5.72. The highest BCUT2D eigenvalue weighted by Gasteiger charge is 2.24. The fourth-order valence-electron chi connectivity index (χ4n) is 3.34. The van der Waals surface area contributed by atoms with Crippen LogP contribution in [-0.4, -0.2) is 56.7 Å². The standard InChI is InChI=1S/C22H26ClN3O4/c1-15-3-5-16(6-4-15)19(26-9-11-30-12-10-26)14-24-21(27)22(28)25-17-7-8-20(29-2)18(23)13-17/h3-8,13,19H,9-12,14H2,1-2H3,(H,24,27)(H,25,28)/t19-/m1/s1. The van der Waals surface area contributed by atoms with Gasteiger partial charge in [-0.05, 0) is 30.7 Å². The van der Waals surface area contributed by atoms with Gasteiger partial charge in [-0.15, -0.1) is 0 Å². The molecule has 8 heteroatoms. The SMILES string of the molecule is COc1ccc(NC(=O)C(=O)NC[C@H](c2ccc(C)cc2)N2CCOCC2)cc1Cl. The number of hydrogen-bond donors (Lipinski definition) is 2. The van der Waals surface area contributed by atoms with E-state index in [0.29, 0.717) is 36.2 Å². The zero-order chi connectivity index (χ0) is 21.5. The number of morpholine rings is 1. The Kier molecular flexibility index (Phi) is 7.68. The molecule has 0 aliphatic carbocycles. The van der Waals surface area contributed by atoms with E-state index in [2.05, 4.69) is 27.7 Å². The molecule has 1 fully saturated rings. The maximum absolute atomic E-state index is 12.4. The van der Waals surface area contributed by atoms with Crippen molar-refractivity contribution in [2.24, 2.45) is 0 Å². The van der Waals surface area contributed by atoms with E-state index in [0.717, 1.165) is 18.7 Å². The number of nitrogens with one attached hydrogen (secondary N) is 2. The molecule has 30 heavy (non-hydrogen) atoms. The zero-order valence-corrected chi connectivity index (χ0v) is 17.9. The molecule has 1 saturated heterocycles. The van der Waals surface area contributed by atoms with Gasteiger partial charge in [0.05, 0.1) is 31.4 Å². The summed E-state index contributed by atoms with van der Waals surface area (Å²) < 4.78 is 10.5. The highest BCUT2D eigenvalue weighted by atomic mass is 35.5. The lowest BCUT2D eigenvalue weighted by Crippen LogP contribution is -2.45. The smallest absolute Gasteiger partial charge is 0.313 e. The normalized spacial score (nSPS) is 15.3.